The second-order valence-electron chi connectivity index (χ2n) is 5.30. The van der Waals surface area contributed by atoms with Crippen molar-refractivity contribution in [2.45, 2.75) is 31.9 Å². The molecular weight excluding hydrogens is 230 g/mol. The van der Waals surface area contributed by atoms with Crippen LogP contribution in [0, 0.1) is 0 Å². The van der Waals surface area contributed by atoms with Gasteiger partial charge in [0.2, 0.25) is 5.91 Å². The van der Waals surface area contributed by atoms with Crippen molar-refractivity contribution in [3.05, 3.63) is 0 Å². The molecule has 2 fully saturated rings. The quantitative estimate of drug-likeness (QED) is 0.763. The summed E-state index contributed by atoms with van der Waals surface area (Å²) in [6, 6.07) is 0.424. The molecule has 0 aromatic rings. The van der Waals surface area contributed by atoms with E-state index in [0.717, 1.165) is 45.8 Å². The lowest BCUT2D eigenvalue weighted by molar-refractivity contribution is -0.132. The van der Waals surface area contributed by atoms with Crippen LogP contribution in [0.15, 0.2) is 0 Å². The number of likely N-dealkylation sites (N-methyl/N-ethyl adjacent to an activating group) is 2. The predicted octanol–water partition coefficient (Wildman–Crippen LogP) is -0.0825. The first kappa shape index (κ1) is 13.8. The van der Waals surface area contributed by atoms with Crippen molar-refractivity contribution >= 4 is 5.91 Å². The summed E-state index contributed by atoms with van der Waals surface area (Å²) in [4.78, 5) is 15.6. The number of piperidine rings is 1. The van der Waals surface area contributed by atoms with Crippen LogP contribution in [-0.2, 0) is 9.53 Å². The number of hydrogen-bond acceptors (Lipinski definition) is 4. The molecule has 2 unspecified atom stereocenters. The summed E-state index contributed by atoms with van der Waals surface area (Å²) in [5.74, 6) is 0.263. The topological polar surface area (TPSA) is 44.8 Å². The molecule has 5 heteroatoms. The minimum absolute atomic E-state index is 0.263. The molecule has 1 amide bonds. The van der Waals surface area contributed by atoms with Crippen LogP contribution in [-0.4, -0.2) is 74.2 Å². The average molecular weight is 255 g/mol. The van der Waals surface area contributed by atoms with E-state index in [0.29, 0.717) is 18.6 Å². The molecule has 0 aromatic heterocycles. The van der Waals surface area contributed by atoms with Gasteiger partial charge in [0.15, 0.2) is 0 Å². The predicted molar refractivity (Wildman–Crippen MR) is 70.5 cm³/mol. The number of hydrogen-bond donors (Lipinski definition) is 1. The van der Waals surface area contributed by atoms with Crippen molar-refractivity contribution in [1.82, 2.24) is 15.1 Å². The van der Waals surface area contributed by atoms with Crippen LogP contribution in [0.3, 0.4) is 0 Å². The molecule has 0 bridgehead atoms. The van der Waals surface area contributed by atoms with E-state index >= 15 is 0 Å². The van der Waals surface area contributed by atoms with E-state index in [1.807, 2.05) is 11.9 Å². The number of ether oxygens (including phenoxy) is 1. The molecule has 2 aliphatic heterocycles. The number of rotatable bonds is 4. The Labute approximate surface area is 109 Å². The lowest BCUT2D eigenvalue weighted by Crippen LogP contribution is -2.51. The third kappa shape index (κ3) is 3.67. The van der Waals surface area contributed by atoms with Gasteiger partial charge in [-0.05, 0) is 13.0 Å². The maximum atomic E-state index is 11.4. The van der Waals surface area contributed by atoms with Crippen LogP contribution in [0.1, 0.15) is 19.8 Å². The van der Waals surface area contributed by atoms with Gasteiger partial charge in [-0.15, -0.1) is 0 Å². The van der Waals surface area contributed by atoms with Crippen molar-refractivity contribution < 1.29 is 9.53 Å². The first-order valence-electron chi connectivity index (χ1n) is 7.00. The van der Waals surface area contributed by atoms with E-state index in [1.165, 1.54) is 0 Å². The van der Waals surface area contributed by atoms with E-state index in [-0.39, 0.29) is 5.91 Å². The lowest BCUT2D eigenvalue weighted by Gasteiger charge is -2.35. The first-order valence-corrected chi connectivity index (χ1v) is 7.00. The zero-order chi connectivity index (χ0) is 13.0. The minimum atomic E-state index is 0.263. The van der Waals surface area contributed by atoms with Crippen molar-refractivity contribution in [1.29, 1.82) is 0 Å². The molecule has 2 saturated heterocycles. The molecule has 2 rings (SSSR count). The van der Waals surface area contributed by atoms with Crippen molar-refractivity contribution in [2.75, 3.05) is 46.4 Å². The fraction of sp³-hybridized carbons (Fsp3) is 0.923. The summed E-state index contributed by atoms with van der Waals surface area (Å²) < 4.78 is 5.76. The molecule has 0 aliphatic carbocycles. The second-order valence-corrected chi connectivity index (χ2v) is 5.30. The summed E-state index contributed by atoms with van der Waals surface area (Å²) >= 11 is 0. The Hall–Kier alpha value is -0.650. The Balaban J connectivity index is 1.69. The Bertz CT molecular complexity index is 285. The number of morpholine rings is 1. The number of likely N-dealkylation sites (tertiary alicyclic amines) is 1. The smallest absolute Gasteiger partial charge is 0.222 e. The highest BCUT2D eigenvalue weighted by Gasteiger charge is 2.24. The summed E-state index contributed by atoms with van der Waals surface area (Å²) in [6.45, 7) is 7.91. The highest BCUT2D eigenvalue weighted by atomic mass is 16.5. The maximum absolute atomic E-state index is 11.4. The second kappa shape index (κ2) is 6.50. The Morgan fingerprint density at radius 2 is 2.28 bits per heavy atom. The summed E-state index contributed by atoms with van der Waals surface area (Å²) in [5.41, 5.74) is 0. The van der Waals surface area contributed by atoms with Gasteiger partial charge in [0.25, 0.3) is 0 Å². The fourth-order valence-corrected chi connectivity index (χ4v) is 2.67. The number of amides is 1. The molecule has 2 heterocycles. The van der Waals surface area contributed by atoms with Gasteiger partial charge in [0.05, 0.1) is 12.7 Å². The van der Waals surface area contributed by atoms with Gasteiger partial charge < -0.3 is 15.0 Å². The molecule has 0 saturated carbocycles. The molecule has 2 atom stereocenters. The zero-order valence-corrected chi connectivity index (χ0v) is 11.5. The number of nitrogens with one attached hydrogen (secondary N) is 1. The third-order valence-electron chi connectivity index (χ3n) is 3.93. The number of carbonyl (C=O) groups excluding carboxylic acids is 1. The van der Waals surface area contributed by atoms with Crippen LogP contribution in [0.25, 0.3) is 0 Å². The van der Waals surface area contributed by atoms with Crippen molar-refractivity contribution in [3.8, 4) is 0 Å². The zero-order valence-electron chi connectivity index (χ0n) is 11.5. The molecular formula is C13H25N3O2. The normalized spacial score (nSPS) is 30.8. The molecule has 2 aliphatic rings. The molecule has 0 radical (unpaired) electrons. The average Bonchev–Trinajstić information content (AvgIpc) is 2.40. The molecule has 1 N–H and O–H groups in total. The van der Waals surface area contributed by atoms with Crippen LogP contribution >= 0.6 is 0 Å². The number of carbonyl (C=O) groups is 1. The summed E-state index contributed by atoms with van der Waals surface area (Å²) in [7, 11) is 1.88. The van der Waals surface area contributed by atoms with E-state index < -0.39 is 0 Å². The maximum Gasteiger partial charge on any atom is 0.222 e. The third-order valence-corrected chi connectivity index (χ3v) is 3.93. The van der Waals surface area contributed by atoms with E-state index in [2.05, 4.69) is 17.1 Å². The lowest BCUT2D eigenvalue weighted by atomic mass is 10.1. The van der Waals surface area contributed by atoms with Gasteiger partial charge in [-0.25, -0.2) is 0 Å². The van der Waals surface area contributed by atoms with E-state index in [1.54, 1.807) is 0 Å². The highest BCUT2D eigenvalue weighted by Crippen LogP contribution is 2.10. The molecule has 104 valence electrons. The minimum Gasteiger partial charge on any atom is -0.374 e. The Morgan fingerprint density at radius 3 is 3.00 bits per heavy atom. The first-order chi connectivity index (χ1) is 8.69. The number of nitrogens with zero attached hydrogens (tertiary/aromatic N) is 2. The van der Waals surface area contributed by atoms with Crippen molar-refractivity contribution in [3.63, 3.8) is 0 Å². The van der Waals surface area contributed by atoms with E-state index in [4.69, 9.17) is 4.74 Å². The summed E-state index contributed by atoms with van der Waals surface area (Å²) in [6.07, 6.45) is 1.91. The van der Waals surface area contributed by atoms with Gasteiger partial charge in [-0.1, -0.05) is 6.92 Å². The van der Waals surface area contributed by atoms with Gasteiger partial charge in [-0.3, -0.25) is 9.69 Å². The van der Waals surface area contributed by atoms with Gasteiger partial charge in [0.1, 0.15) is 0 Å². The van der Waals surface area contributed by atoms with Crippen LogP contribution < -0.4 is 5.32 Å². The van der Waals surface area contributed by atoms with Crippen LogP contribution in [0.2, 0.25) is 0 Å². The largest absolute Gasteiger partial charge is 0.374 e. The van der Waals surface area contributed by atoms with Crippen molar-refractivity contribution in [2.24, 2.45) is 0 Å². The molecule has 0 aromatic carbocycles. The Kier molecular flexibility index (Phi) is 4.97. The van der Waals surface area contributed by atoms with Crippen LogP contribution in [0.4, 0.5) is 0 Å². The standard InChI is InChI=1S/C13H25N3O2/c1-3-16-6-7-18-12(10-16)8-14-11-4-5-13(17)15(2)9-11/h11-12,14H,3-10H2,1-2H3. The Morgan fingerprint density at radius 1 is 1.44 bits per heavy atom. The van der Waals surface area contributed by atoms with Gasteiger partial charge >= 0.3 is 0 Å². The van der Waals surface area contributed by atoms with Crippen LogP contribution in [0.5, 0.6) is 0 Å². The molecule has 5 nitrogen and oxygen atoms in total. The van der Waals surface area contributed by atoms with E-state index in [9.17, 15) is 4.79 Å². The fourth-order valence-electron chi connectivity index (χ4n) is 2.67. The van der Waals surface area contributed by atoms with Gasteiger partial charge in [0, 0.05) is 45.7 Å². The highest BCUT2D eigenvalue weighted by molar-refractivity contribution is 5.76. The monoisotopic (exact) mass is 255 g/mol. The SMILES string of the molecule is CCN1CCOC(CNC2CCC(=O)N(C)C2)C1. The summed E-state index contributed by atoms with van der Waals surface area (Å²) in [5, 5.41) is 3.54. The molecule has 18 heavy (non-hydrogen) atoms. The van der Waals surface area contributed by atoms with Gasteiger partial charge in [-0.2, -0.15) is 0 Å². The molecule has 0 spiro atoms.